The summed E-state index contributed by atoms with van der Waals surface area (Å²) in [5, 5.41) is 2.79. The number of amides is 1. The van der Waals surface area contributed by atoms with E-state index in [2.05, 4.69) is 37.2 Å². The van der Waals surface area contributed by atoms with E-state index in [1.54, 1.807) is 0 Å². The highest BCUT2D eigenvalue weighted by Gasteiger charge is 2.13. The fourth-order valence-electron chi connectivity index (χ4n) is 1.26. The summed E-state index contributed by atoms with van der Waals surface area (Å²) in [5.74, 6) is -0.148. The first-order valence-electron chi connectivity index (χ1n) is 5.06. The molecule has 1 atom stereocenters. The van der Waals surface area contributed by atoms with Crippen LogP contribution in [0.2, 0.25) is 0 Å². The monoisotopic (exact) mass is 348 g/mol. The van der Waals surface area contributed by atoms with E-state index in [4.69, 9.17) is 5.73 Å². The van der Waals surface area contributed by atoms with Gasteiger partial charge in [0.25, 0.3) is 0 Å². The molecular formula is C11H14Br2N2O. The molecule has 3 nitrogen and oxygen atoms in total. The first-order chi connectivity index (χ1) is 7.54. The van der Waals surface area contributed by atoms with Crippen molar-refractivity contribution in [2.24, 2.45) is 5.73 Å². The van der Waals surface area contributed by atoms with E-state index >= 15 is 0 Å². The van der Waals surface area contributed by atoms with Crippen LogP contribution in [0.25, 0.3) is 0 Å². The number of nitrogens with two attached hydrogens (primary N) is 1. The lowest BCUT2D eigenvalue weighted by molar-refractivity contribution is -0.117. The summed E-state index contributed by atoms with van der Waals surface area (Å²) in [7, 11) is 0. The van der Waals surface area contributed by atoms with Crippen molar-refractivity contribution in [2.75, 3.05) is 5.32 Å². The zero-order chi connectivity index (χ0) is 12.1. The van der Waals surface area contributed by atoms with Crippen molar-refractivity contribution >= 4 is 43.5 Å². The van der Waals surface area contributed by atoms with Gasteiger partial charge in [0.05, 0.1) is 11.7 Å². The lowest BCUT2D eigenvalue weighted by atomic mass is 10.1. The van der Waals surface area contributed by atoms with Gasteiger partial charge in [0.2, 0.25) is 5.91 Å². The average molecular weight is 350 g/mol. The summed E-state index contributed by atoms with van der Waals surface area (Å²) in [6.07, 6.45) is 1.59. The van der Waals surface area contributed by atoms with Crippen LogP contribution in [0, 0.1) is 0 Å². The van der Waals surface area contributed by atoms with Crippen molar-refractivity contribution in [3.8, 4) is 0 Å². The Hall–Kier alpha value is -0.390. The summed E-state index contributed by atoms with van der Waals surface area (Å²) >= 11 is 6.73. The van der Waals surface area contributed by atoms with E-state index < -0.39 is 6.04 Å². The van der Waals surface area contributed by atoms with Crippen LogP contribution in [0.4, 0.5) is 5.69 Å². The van der Waals surface area contributed by atoms with Crippen LogP contribution in [-0.2, 0) is 4.79 Å². The van der Waals surface area contributed by atoms with Crippen LogP contribution in [-0.4, -0.2) is 11.9 Å². The van der Waals surface area contributed by atoms with Crippen molar-refractivity contribution < 1.29 is 4.79 Å². The van der Waals surface area contributed by atoms with Crippen molar-refractivity contribution in [3.05, 3.63) is 27.1 Å². The second-order valence-electron chi connectivity index (χ2n) is 3.51. The SMILES string of the molecule is CCCC(N)C(=O)Nc1ccc(Br)cc1Br. The van der Waals surface area contributed by atoms with E-state index in [-0.39, 0.29) is 5.91 Å². The highest BCUT2D eigenvalue weighted by Crippen LogP contribution is 2.26. The lowest BCUT2D eigenvalue weighted by Gasteiger charge is -2.12. The summed E-state index contributed by atoms with van der Waals surface area (Å²) in [6.45, 7) is 2.00. The van der Waals surface area contributed by atoms with Crippen molar-refractivity contribution in [1.82, 2.24) is 0 Å². The molecule has 88 valence electrons. The maximum Gasteiger partial charge on any atom is 0.241 e. The Kier molecular flexibility index (Phi) is 5.44. The highest BCUT2D eigenvalue weighted by atomic mass is 79.9. The molecule has 1 amide bonds. The minimum Gasteiger partial charge on any atom is -0.324 e. The maximum absolute atomic E-state index is 11.7. The standard InChI is InChI=1S/C11H14Br2N2O/c1-2-3-9(14)11(16)15-10-5-4-7(12)6-8(10)13/h4-6,9H,2-3,14H2,1H3,(H,15,16). The molecule has 0 saturated heterocycles. The van der Waals surface area contributed by atoms with Gasteiger partial charge >= 0.3 is 0 Å². The topological polar surface area (TPSA) is 55.1 Å². The number of rotatable bonds is 4. The van der Waals surface area contributed by atoms with Gasteiger partial charge in [-0.2, -0.15) is 0 Å². The van der Waals surface area contributed by atoms with Crippen molar-refractivity contribution in [3.63, 3.8) is 0 Å². The largest absolute Gasteiger partial charge is 0.324 e. The Morgan fingerprint density at radius 2 is 2.19 bits per heavy atom. The van der Waals surface area contributed by atoms with Gasteiger partial charge in [0.1, 0.15) is 0 Å². The average Bonchev–Trinajstić information content (AvgIpc) is 2.22. The van der Waals surface area contributed by atoms with Crippen LogP contribution >= 0.6 is 31.9 Å². The Morgan fingerprint density at radius 1 is 1.50 bits per heavy atom. The molecule has 0 heterocycles. The highest BCUT2D eigenvalue weighted by molar-refractivity contribution is 9.11. The third-order valence-electron chi connectivity index (χ3n) is 2.13. The normalized spacial score (nSPS) is 12.2. The Labute approximate surface area is 112 Å². The summed E-state index contributed by atoms with van der Waals surface area (Å²) in [4.78, 5) is 11.7. The minimum absolute atomic E-state index is 0.148. The smallest absolute Gasteiger partial charge is 0.241 e. The zero-order valence-electron chi connectivity index (χ0n) is 8.97. The fourth-order valence-corrected chi connectivity index (χ4v) is 2.40. The first kappa shape index (κ1) is 13.7. The predicted octanol–water partition coefficient (Wildman–Crippen LogP) is 3.28. The Morgan fingerprint density at radius 3 is 2.75 bits per heavy atom. The van der Waals surface area contributed by atoms with Gasteiger partial charge in [-0.05, 0) is 40.5 Å². The molecule has 0 aromatic heterocycles. The molecule has 0 aliphatic rings. The summed E-state index contributed by atoms with van der Waals surface area (Å²) in [6, 6.07) is 5.12. The molecule has 0 saturated carbocycles. The van der Waals surface area contributed by atoms with E-state index in [9.17, 15) is 4.79 Å². The Bertz CT molecular complexity index is 382. The number of hydrogen-bond acceptors (Lipinski definition) is 2. The van der Waals surface area contributed by atoms with Gasteiger partial charge in [-0.1, -0.05) is 29.3 Å². The molecule has 1 aromatic carbocycles. The Balaban J connectivity index is 2.69. The number of nitrogens with one attached hydrogen (secondary N) is 1. The molecule has 0 fully saturated rings. The molecule has 0 bridgehead atoms. The third-order valence-corrected chi connectivity index (χ3v) is 3.27. The van der Waals surface area contributed by atoms with Crippen molar-refractivity contribution in [1.29, 1.82) is 0 Å². The van der Waals surface area contributed by atoms with Crippen LogP contribution in [0.15, 0.2) is 27.1 Å². The van der Waals surface area contributed by atoms with Gasteiger partial charge in [0, 0.05) is 8.95 Å². The third kappa shape index (κ3) is 3.88. The van der Waals surface area contributed by atoms with Gasteiger partial charge in [-0.25, -0.2) is 0 Å². The number of anilines is 1. The zero-order valence-corrected chi connectivity index (χ0v) is 12.1. The van der Waals surface area contributed by atoms with Crippen LogP contribution in [0.3, 0.4) is 0 Å². The number of carbonyl (C=O) groups is 1. The van der Waals surface area contributed by atoms with E-state index in [1.165, 1.54) is 0 Å². The van der Waals surface area contributed by atoms with Gasteiger partial charge in [-0.3, -0.25) is 4.79 Å². The molecule has 0 spiro atoms. The lowest BCUT2D eigenvalue weighted by Crippen LogP contribution is -2.35. The molecule has 1 aromatic rings. The first-order valence-corrected chi connectivity index (χ1v) is 6.64. The van der Waals surface area contributed by atoms with Crippen LogP contribution < -0.4 is 11.1 Å². The van der Waals surface area contributed by atoms with E-state index in [0.29, 0.717) is 6.42 Å². The molecular weight excluding hydrogens is 336 g/mol. The molecule has 0 aliphatic heterocycles. The number of benzene rings is 1. The maximum atomic E-state index is 11.7. The number of halogens is 2. The molecule has 3 N–H and O–H groups in total. The van der Waals surface area contributed by atoms with Crippen LogP contribution in [0.5, 0.6) is 0 Å². The second-order valence-corrected chi connectivity index (χ2v) is 5.28. The van der Waals surface area contributed by atoms with Gasteiger partial charge in [-0.15, -0.1) is 0 Å². The van der Waals surface area contributed by atoms with Crippen LogP contribution in [0.1, 0.15) is 19.8 Å². The van der Waals surface area contributed by atoms with E-state index in [1.807, 2.05) is 25.1 Å². The quantitative estimate of drug-likeness (QED) is 0.876. The summed E-state index contributed by atoms with van der Waals surface area (Å²) < 4.78 is 1.79. The molecule has 1 rings (SSSR count). The molecule has 1 unspecified atom stereocenters. The second kappa shape index (κ2) is 6.37. The van der Waals surface area contributed by atoms with Gasteiger partial charge < -0.3 is 11.1 Å². The minimum atomic E-state index is -0.444. The predicted molar refractivity (Wildman–Crippen MR) is 73.4 cm³/mol. The molecule has 5 heteroatoms. The molecule has 0 aliphatic carbocycles. The number of hydrogen-bond donors (Lipinski definition) is 2. The van der Waals surface area contributed by atoms with Crippen molar-refractivity contribution in [2.45, 2.75) is 25.8 Å². The summed E-state index contributed by atoms with van der Waals surface area (Å²) in [5.41, 5.74) is 6.45. The molecule has 0 radical (unpaired) electrons. The molecule has 16 heavy (non-hydrogen) atoms. The number of carbonyl (C=O) groups excluding carboxylic acids is 1. The van der Waals surface area contributed by atoms with E-state index in [0.717, 1.165) is 21.1 Å². The fraction of sp³-hybridized carbons (Fsp3) is 0.364. The van der Waals surface area contributed by atoms with Gasteiger partial charge in [0.15, 0.2) is 0 Å².